The molecule has 0 N–H and O–H groups in total. The van der Waals surface area contributed by atoms with E-state index in [1.807, 2.05) is 47.8 Å². The van der Waals surface area contributed by atoms with Gasteiger partial charge in [0.05, 0.1) is 17.9 Å². The Morgan fingerprint density at radius 2 is 1.93 bits per heavy atom. The first kappa shape index (κ1) is 18.7. The summed E-state index contributed by atoms with van der Waals surface area (Å²) in [6.45, 7) is 0.936. The molecule has 0 aliphatic carbocycles. The molecule has 0 radical (unpaired) electrons. The third-order valence-corrected chi connectivity index (χ3v) is 5.98. The summed E-state index contributed by atoms with van der Waals surface area (Å²) in [5.41, 5.74) is 4.00. The second kappa shape index (κ2) is 7.81. The summed E-state index contributed by atoms with van der Waals surface area (Å²) in [6, 6.07) is 15.9. The number of thiophene rings is 1. The summed E-state index contributed by atoms with van der Waals surface area (Å²) < 4.78 is 8.73. The average Bonchev–Trinajstić information content (AvgIpc) is 3.42. The molecule has 30 heavy (non-hydrogen) atoms. The molecule has 150 valence electrons. The molecule has 5 rings (SSSR count). The number of nitrogens with zero attached hydrogens (tertiary/aromatic N) is 5. The van der Waals surface area contributed by atoms with Crippen molar-refractivity contribution in [3.05, 3.63) is 81.0 Å². The lowest BCUT2D eigenvalue weighted by molar-refractivity contribution is 0.181. The van der Waals surface area contributed by atoms with Crippen LogP contribution in [-0.2, 0) is 24.3 Å². The number of hydrogen-bond donors (Lipinski definition) is 0. The molecule has 0 saturated heterocycles. The van der Waals surface area contributed by atoms with Crippen LogP contribution in [0, 0.1) is 0 Å². The van der Waals surface area contributed by atoms with Crippen LogP contribution in [0.5, 0.6) is 0 Å². The number of aromatic nitrogens is 5. The number of methoxy groups -OCH3 is 1. The quantitative estimate of drug-likeness (QED) is 0.422. The number of ether oxygens (including phenoxy) is 1. The summed E-state index contributed by atoms with van der Waals surface area (Å²) in [5, 5.41) is 15.4. The van der Waals surface area contributed by atoms with Crippen molar-refractivity contribution in [2.75, 3.05) is 7.11 Å². The van der Waals surface area contributed by atoms with E-state index in [1.165, 1.54) is 4.88 Å². The first-order valence-electron chi connectivity index (χ1n) is 9.60. The van der Waals surface area contributed by atoms with Gasteiger partial charge >= 0.3 is 0 Å². The van der Waals surface area contributed by atoms with Crippen molar-refractivity contribution in [2.24, 2.45) is 0 Å². The minimum atomic E-state index is -0.163. The van der Waals surface area contributed by atoms with Gasteiger partial charge in [0.2, 0.25) is 0 Å². The third-order valence-electron chi connectivity index (χ3n) is 5.05. The van der Waals surface area contributed by atoms with Crippen LogP contribution in [0.1, 0.15) is 10.6 Å². The molecule has 0 unspecified atom stereocenters. The maximum atomic E-state index is 13.0. The van der Waals surface area contributed by atoms with Crippen LogP contribution in [-0.4, -0.2) is 31.5 Å². The van der Waals surface area contributed by atoms with Gasteiger partial charge in [-0.2, -0.15) is 5.10 Å². The number of aryl methyl sites for hydroxylation is 2. The smallest absolute Gasteiger partial charge is 0.280 e. The highest BCUT2D eigenvalue weighted by atomic mass is 32.1. The van der Waals surface area contributed by atoms with Gasteiger partial charge < -0.3 is 9.30 Å². The third kappa shape index (κ3) is 3.20. The molecule has 0 amide bonds. The lowest BCUT2D eigenvalue weighted by Gasteiger charge is -2.07. The molecule has 4 aromatic heterocycles. The van der Waals surface area contributed by atoms with Crippen molar-refractivity contribution in [2.45, 2.75) is 19.6 Å². The molecule has 0 fully saturated rings. The van der Waals surface area contributed by atoms with Crippen LogP contribution < -0.4 is 5.56 Å². The van der Waals surface area contributed by atoms with Gasteiger partial charge in [0.25, 0.3) is 5.56 Å². The van der Waals surface area contributed by atoms with E-state index in [0.717, 1.165) is 23.2 Å². The standard InChI is InChI=1S/C22H19N5O2S/c1-29-14-17-19(15-6-3-2-4-7-15)21-24-23-20-18(27(21)25-17)10-12-26(22(20)28)11-9-16-8-5-13-30-16/h2-8,10,12-13H,9,11,14H2,1H3. The van der Waals surface area contributed by atoms with Crippen molar-refractivity contribution in [1.82, 2.24) is 24.4 Å². The zero-order valence-electron chi connectivity index (χ0n) is 16.4. The Morgan fingerprint density at radius 1 is 1.07 bits per heavy atom. The molecule has 7 nitrogen and oxygen atoms in total. The Morgan fingerprint density at radius 3 is 2.70 bits per heavy atom. The highest BCUT2D eigenvalue weighted by Crippen LogP contribution is 2.28. The highest BCUT2D eigenvalue weighted by Gasteiger charge is 2.19. The van der Waals surface area contributed by atoms with Crippen LogP contribution in [0.4, 0.5) is 0 Å². The summed E-state index contributed by atoms with van der Waals surface area (Å²) in [6.07, 6.45) is 2.61. The topological polar surface area (TPSA) is 74.3 Å². The monoisotopic (exact) mass is 417 g/mol. The molecular formula is C22H19N5O2S. The molecule has 0 bridgehead atoms. The number of fused-ring (bicyclic) bond motifs is 3. The maximum absolute atomic E-state index is 13.0. The van der Waals surface area contributed by atoms with Gasteiger partial charge in [0.1, 0.15) is 5.52 Å². The Hall–Kier alpha value is -3.36. The van der Waals surface area contributed by atoms with E-state index in [2.05, 4.69) is 16.3 Å². The molecular weight excluding hydrogens is 398 g/mol. The van der Waals surface area contributed by atoms with Crippen molar-refractivity contribution in [3.63, 3.8) is 0 Å². The minimum Gasteiger partial charge on any atom is -0.378 e. The van der Waals surface area contributed by atoms with Crippen molar-refractivity contribution < 1.29 is 4.74 Å². The second-order valence-corrected chi connectivity index (χ2v) is 7.97. The molecule has 8 heteroatoms. The fourth-order valence-electron chi connectivity index (χ4n) is 3.63. The van der Waals surface area contributed by atoms with Gasteiger partial charge in [0, 0.05) is 24.7 Å². The van der Waals surface area contributed by atoms with Gasteiger partial charge in [-0.05, 0) is 29.5 Å². The summed E-state index contributed by atoms with van der Waals surface area (Å²) in [5.74, 6) is 0. The van der Waals surface area contributed by atoms with E-state index in [-0.39, 0.29) is 5.56 Å². The van der Waals surface area contributed by atoms with Gasteiger partial charge in [-0.3, -0.25) is 4.79 Å². The molecule has 0 atom stereocenters. The molecule has 0 saturated carbocycles. The van der Waals surface area contributed by atoms with E-state index in [0.29, 0.717) is 29.8 Å². The number of hydrogen-bond acceptors (Lipinski definition) is 6. The number of benzene rings is 1. The Bertz CT molecular complexity index is 1370. The molecule has 4 heterocycles. The summed E-state index contributed by atoms with van der Waals surface area (Å²) >= 11 is 1.69. The molecule has 0 aliphatic heterocycles. The van der Waals surface area contributed by atoms with Crippen molar-refractivity contribution in [3.8, 4) is 11.1 Å². The number of pyridine rings is 1. The van der Waals surface area contributed by atoms with Crippen LogP contribution in [0.15, 0.2) is 64.9 Å². The van der Waals surface area contributed by atoms with E-state index in [9.17, 15) is 4.79 Å². The molecule has 0 aliphatic rings. The van der Waals surface area contributed by atoms with Crippen LogP contribution >= 0.6 is 11.3 Å². The average molecular weight is 417 g/mol. The lowest BCUT2D eigenvalue weighted by Crippen LogP contribution is -2.22. The largest absolute Gasteiger partial charge is 0.378 e. The Labute approximate surface area is 176 Å². The highest BCUT2D eigenvalue weighted by molar-refractivity contribution is 7.09. The zero-order chi connectivity index (χ0) is 20.5. The predicted octanol–water partition coefficient (Wildman–Crippen LogP) is 3.56. The first-order valence-corrected chi connectivity index (χ1v) is 10.5. The Kier molecular flexibility index (Phi) is 4.86. The fraction of sp³-hybridized carbons (Fsp3) is 0.182. The van der Waals surface area contributed by atoms with Gasteiger partial charge in [-0.1, -0.05) is 36.4 Å². The second-order valence-electron chi connectivity index (χ2n) is 6.93. The van der Waals surface area contributed by atoms with Gasteiger partial charge in [0.15, 0.2) is 11.2 Å². The van der Waals surface area contributed by atoms with Crippen molar-refractivity contribution in [1.29, 1.82) is 0 Å². The number of rotatable bonds is 6. The molecule has 0 spiro atoms. The lowest BCUT2D eigenvalue weighted by atomic mass is 10.1. The minimum absolute atomic E-state index is 0.163. The van der Waals surface area contributed by atoms with E-state index in [1.54, 1.807) is 33.7 Å². The van der Waals surface area contributed by atoms with Crippen LogP contribution in [0.3, 0.4) is 0 Å². The summed E-state index contributed by atoms with van der Waals surface area (Å²) in [7, 11) is 1.63. The van der Waals surface area contributed by atoms with Crippen LogP contribution in [0.2, 0.25) is 0 Å². The fourth-order valence-corrected chi connectivity index (χ4v) is 4.33. The maximum Gasteiger partial charge on any atom is 0.280 e. The Balaban J connectivity index is 1.65. The van der Waals surface area contributed by atoms with Gasteiger partial charge in [-0.25, -0.2) is 4.52 Å². The zero-order valence-corrected chi connectivity index (χ0v) is 17.2. The van der Waals surface area contributed by atoms with E-state index in [4.69, 9.17) is 9.84 Å². The van der Waals surface area contributed by atoms with Crippen LogP contribution in [0.25, 0.3) is 27.8 Å². The predicted molar refractivity (Wildman–Crippen MR) is 117 cm³/mol. The van der Waals surface area contributed by atoms with E-state index < -0.39 is 0 Å². The SMILES string of the molecule is COCc1nn2c(nnc3c(=O)n(CCc4cccs4)ccc32)c1-c1ccccc1. The van der Waals surface area contributed by atoms with Gasteiger partial charge in [-0.15, -0.1) is 21.5 Å². The summed E-state index contributed by atoms with van der Waals surface area (Å²) in [4.78, 5) is 14.3. The van der Waals surface area contributed by atoms with E-state index >= 15 is 0 Å². The normalized spacial score (nSPS) is 11.5. The first-order chi connectivity index (χ1) is 14.8. The molecule has 1 aromatic carbocycles. The van der Waals surface area contributed by atoms with Crippen molar-refractivity contribution >= 4 is 28.0 Å². The molecule has 5 aromatic rings.